The number of thioether (sulfide) groups is 1. The van der Waals surface area contributed by atoms with Gasteiger partial charge in [-0.15, -0.1) is 0 Å². The van der Waals surface area contributed by atoms with Gasteiger partial charge in [-0.1, -0.05) is 18.2 Å². The van der Waals surface area contributed by atoms with E-state index in [1.54, 1.807) is 18.0 Å². The van der Waals surface area contributed by atoms with Crippen molar-refractivity contribution in [3.05, 3.63) is 36.0 Å². The van der Waals surface area contributed by atoms with Crippen molar-refractivity contribution >= 4 is 46.4 Å². The van der Waals surface area contributed by atoms with E-state index in [1.807, 2.05) is 30.5 Å². The summed E-state index contributed by atoms with van der Waals surface area (Å²) in [6.07, 6.45) is 7.26. The number of para-hydroxylation sites is 1. The third-order valence-corrected chi connectivity index (χ3v) is 7.56. The Kier molecular flexibility index (Phi) is 12.1. The minimum atomic E-state index is -1.19. The fraction of sp³-hybridized carbons (Fsp3) is 0.556. The summed E-state index contributed by atoms with van der Waals surface area (Å²) in [5, 5.41) is 22.1. The Morgan fingerprint density at radius 3 is 2.44 bits per heavy atom. The molecule has 3 amide bonds. The lowest BCUT2D eigenvalue weighted by atomic mass is 10.0. The molecule has 0 saturated carbocycles. The number of amides is 3. The van der Waals surface area contributed by atoms with E-state index >= 15 is 0 Å². The van der Waals surface area contributed by atoms with Crippen LogP contribution in [0.25, 0.3) is 10.9 Å². The number of rotatable bonds is 16. The number of hydrogen-bond acceptors (Lipinski definition) is 7. The van der Waals surface area contributed by atoms with Gasteiger partial charge in [-0.05, 0) is 75.3 Å². The molecule has 12 heteroatoms. The van der Waals surface area contributed by atoms with Gasteiger partial charge in [0.2, 0.25) is 17.7 Å². The number of H-pyrrole nitrogens is 1. The molecule has 1 aromatic heterocycles. The first kappa shape index (κ1) is 30.5. The van der Waals surface area contributed by atoms with E-state index in [2.05, 4.69) is 26.3 Å². The highest BCUT2D eigenvalue weighted by Gasteiger charge is 2.31. The highest BCUT2D eigenvalue weighted by atomic mass is 32.2. The Hall–Kier alpha value is -3.09. The fourth-order valence-electron chi connectivity index (χ4n) is 4.71. The molecular formula is C27H40N6O5S. The SMILES string of the molecule is CSCCC(NC(=O)C1CCCN1)C(=O)NC(CCCCN)C(=O)NC(Cc1c[nH]c2ccccc12)C(=O)O. The zero-order chi connectivity index (χ0) is 28.2. The molecule has 1 aromatic carbocycles. The lowest BCUT2D eigenvalue weighted by Gasteiger charge is -2.25. The molecule has 1 saturated heterocycles. The molecule has 2 heterocycles. The number of fused-ring (bicyclic) bond motifs is 1. The molecule has 1 aliphatic rings. The summed E-state index contributed by atoms with van der Waals surface area (Å²) in [6.45, 7) is 1.19. The van der Waals surface area contributed by atoms with E-state index in [-0.39, 0.29) is 18.4 Å². The number of carbonyl (C=O) groups is 4. The van der Waals surface area contributed by atoms with Crippen molar-refractivity contribution in [3.8, 4) is 0 Å². The number of carboxylic acid groups (broad SMARTS) is 1. The van der Waals surface area contributed by atoms with Crippen molar-refractivity contribution in [1.29, 1.82) is 0 Å². The first-order chi connectivity index (χ1) is 18.8. The van der Waals surface area contributed by atoms with Gasteiger partial charge in [0.05, 0.1) is 6.04 Å². The molecular weight excluding hydrogens is 520 g/mol. The van der Waals surface area contributed by atoms with Crippen LogP contribution in [0.2, 0.25) is 0 Å². The van der Waals surface area contributed by atoms with Crippen LogP contribution in [-0.2, 0) is 25.6 Å². The summed E-state index contributed by atoms with van der Waals surface area (Å²) in [4.78, 5) is 54.5. The highest BCUT2D eigenvalue weighted by molar-refractivity contribution is 7.98. The van der Waals surface area contributed by atoms with E-state index in [4.69, 9.17) is 5.73 Å². The maximum atomic E-state index is 13.3. The maximum absolute atomic E-state index is 13.3. The van der Waals surface area contributed by atoms with Crippen LogP contribution < -0.4 is 27.0 Å². The van der Waals surface area contributed by atoms with Crippen LogP contribution in [0.15, 0.2) is 30.5 Å². The predicted molar refractivity (Wildman–Crippen MR) is 152 cm³/mol. The van der Waals surface area contributed by atoms with Crippen LogP contribution >= 0.6 is 11.8 Å². The van der Waals surface area contributed by atoms with Gasteiger partial charge in [0.25, 0.3) is 0 Å². The third-order valence-electron chi connectivity index (χ3n) is 6.91. The molecule has 4 atom stereocenters. The molecule has 1 aliphatic heterocycles. The molecule has 0 spiro atoms. The lowest BCUT2D eigenvalue weighted by Crippen LogP contribution is -2.57. The normalized spacial score (nSPS) is 17.3. The summed E-state index contributed by atoms with van der Waals surface area (Å²) in [6, 6.07) is 4.24. The molecule has 1 fully saturated rings. The van der Waals surface area contributed by atoms with Crippen LogP contribution in [0.3, 0.4) is 0 Å². The van der Waals surface area contributed by atoms with E-state index in [0.717, 1.165) is 29.4 Å². The van der Waals surface area contributed by atoms with Gasteiger partial charge in [-0.2, -0.15) is 11.8 Å². The number of aromatic nitrogens is 1. The average Bonchev–Trinajstić information content (AvgIpc) is 3.61. The molecule has 214 valence electrons. The van der Waals surface area contributed by atoms with E-state index < -0.39 is 35.9 Å². The summed E-state index contributed by atoms with van der Waals surface area (Å²) >= 11 is 1.55. The number of unbranched alkanes of at least 4 members (excludes halogenated alkanes) is 1. The summed E-state index contributed by atoms with van der Waals surface area (Å²) in [5.41, 5.74) is 7.27. The Balaban J connectivity index is 1.70. The smallest absolute Gasteiger partial charge is 0.326 e. The van der Waals surface area contributed by atoms with Gasteiger partial charge in [0.15, 0.2) is 0 Å². The van der Waals surface area contributed by atoms with Gasteiger partial charge >= 0.3 is 5.97 Å². The zero-order valence-electron chi connectivity index (χ0n) is 22.3. The molecule has 8 N–H and O–H groups in total. The van der Waals surface area contributed by atoms with E-state index in [0.29, 0.717) is 44.4 Å². The molecule has 0 radical (unpaired) electrons. The second-order valence-electron chi connectivity index (χ2n) is 9.80. The second kappa shape index (κ2) is 15.5. The maximum Gasteiger partial charge on any atom is 0.326 e. The van der Waals surface area contributed by atoms with Crippen molar-refractivity contribution in [2.45, 2.75) is 69.1 Å². The number of aromatic amines is 1. The lowest BCUT2D eigenvalue weighted by molar-refractivity contribution is -0.142. The van der Waals surface area contributed by atoms with Crippen molar-refractivity contribution in [1.82, 2.24) is 26.3 Å². The largest absolute Gasteiger partial charge is 0.480 e. The highest BCUT2D eigenvalue weighted by Crippen LogP contribution is 2.19. The van der Waals surface area contributed by atoms with Gasteiger partial charge in [-0.3, -0.25) is 14.4 Å². The Bertz CT molecular complexity index is 1120. The van der Waals surface area contributed by atoms with Gasteiger partial charge in [0.1, 0.15) is 18.1 Å². The number of carboxylic acids is 1. The number of nitrogens with two attached hydrogens (primary N) is 1. The van der Waals surface area contributed by atoms with Crippen LogP contribution in [0, 0.1) is 0 Å². The number of nitrogens with one attached hydrogen (secondary N) is 5. The molecule has 0 aliphatic carbocycles. The van der Waals surface area contributed by atoms with E-state index in [1.165, 1.54) is 0 Å². The first-order valence-electron chi connectivity index (χ1n) is 13.4. The molecule has 4 unspecified atom stereocenters. The summed E-state index contributed by atoms with van der Waals surface area (Å²) in [5.74, 6) is -1.81. The van der Waals surface area contributed by atoms with Crippen molar-refractivity contribution in [2.24, 2.45) is 5.73 Å². The fourth-order valence-corrected chi connectivity index (χ4v) is 5.18. The standard InChI is InChI=1S/C27H40N6O5S/c1-39-14-11-22(32-24(34)20-10-6-13-29-20)26(36)31-21(9-4-5-12-28)25(35)33-23(27(37)38)15-17-16-30-19-8-3-2-7-18(17)19/h2-3,7-8,16,20-23,29-30H,4-6,9-15,28H2,1H3,(H,31,36)(H,32,34)(H,33,35)(H,37,38). The Labute approximate surface area is 232 Å². The van der Waals surface area contributed by atoms with Crippen LogP contribution in [0.5, 0.6) is 0 Å². The topological polar surface area (TPSA) is 178 Å². The summed E-state index contributed by atoms with van der Waals surface area (Å²) in [7, 11) is 0. The van der Waals surface area contributed by atoms with Gasteiger partial charge < -0.3 is 37.1 Å². The number of hydrogen-bond donors (Lipinski definition) is 7. The third kappa shape index (κ3) is 8.97. The Morgan fingerprint density at radius 1 is 1.05 bits per heavy atom. The van der Waals surface area contributed by atoms with Gasteiger partial charge in [0, 0.05) is 23.5 Å². The minimum absolute atomic E-state index is 0.0787. The molecule has 2 aromatic rings. The Morgan fingerprint density at radius 2 is 1.77 bits per heavy atom. The second-order valence-corrected chi connectivity index (χ2v) is 10.8. The molecule has 39 heavy (non-hydrogen) atoms. The van der Waals surface area contributed by atoms with Gasteiger partial charge in [-0.25, -0.2) is 4.79 Å². The van der Waals surface area contributed by atoms with E-state index in [9.17, 15) is 24.3 Å². The van der Waals surface area contributed by atoms with Crippen LogP contribution in [-0.4, -0.2) is 83.0 Å². The molecule has 3 rings (SSSR count). The monoisotopic (exact) mass is 560 g/mol. The van der Waals surface area contributed by atoms with Crippen LogP contribution in [0.1, 0.15) is 44.1 Å². The summed E-state index contributed by atoms with van der Waals surface area (Å²) < 4.78 is 0. The predicted octanol–water partition coefficient (Wildman–Crippen LogP) is 0.884. The number of benzene rings is 1. The zero-order valence-corrected chi connectivity index (χ0v) is 23.1. The first-order valence-corrected chi connectivity index (χ1v) is 14.8. The number of carbonyl (C=O) groups excluding carboxylic acids is 3. The van der Waals surface area contributed by atoms with Crippen molar-refractivity contribution < 1.29 is 24.3 Å². The van der Waals surface area contributed by atoms with Crippen molar-refractivity contribution in [3.63, 3.8) is 0 Å². The number of aliphatic carboxylic acids is 1. The quantitative estimate of drug-likeness (QED) is 0.148. The van der Waals surface area contributed by atoms with Crippen molar-refractivity contribution in [2.75, 3.05) is 25.1 Å². The van der Waals surface area contributed by atoms with Crippen LogP contribution in [0.4, 0.5) is 0 Å². The average molecular weight is 561 g/mol. The minimum Gasteiger partial charge on any atom is -0.480 e. The molecule has 0 bridgehead atoms. The molecule has 11 nitrogen and oxygen atoms in total.